The number of nitrogens with one attached hydrogen (secondary N) is 1. The summed E-state index contributed by atoms with van der Waals surface area (Å²) in [7, 11) is 0. The van der Waals surface area contributed by atoms with E-state index in [1.165, 1.54) is 12.8 Å². The van der Waals surface area contributed by atoms with E-state index in [4.69, 9.17) is 0 Å². The molecule has 0 spiro atoms. The third-order valence-electron chi connectivity index (χ3n) is 5.01. The van der Waals surface area contributed by atoms with Crippen LogP contribution in [0.2, 0.25) is 0 Å². The van der Waals surface area contributed by atoms with Crippen LogP contribution in [0, 0.1) is 11.8 Å². The van der Waals surface area contributed by atoms with Gasteiger partial charge in [0.05, 0.1) is 0 Å². The second-order valence-corrected chi connectivity index (χ2v) is 6.64. The Balaban J connectivity index is 2.14. The van der Waals surface area contributed by atoms with Crippen molar-refractivity contribution < 1.29 is 9.59 Å². The summed E-state index contributed by atoms with van der Waals surface area (Å²) in [6.07, 6.45) is 6.01. The monoisotopic (exact) mass is 280 g/mol. The normalized spacial score (nSPS) is 33.5. The lowest BCUT2D eigenvalue weighted by Crippen LogP contribution is -2.51. The molecule has 1 saturated carbocycles. The van der Waals surface area contributed by atoms with Crippen LogP contribution in [0.1, 0.15) is 59.3 Å². The van der Waals surface area contributed by atoms with Crippen LogP contribution in [0.5, 0.6) is 0 Å². The van der Waals surface area contributed by atoms with E-state index in [1.54, 1.807) is 0 Å². The smallest absolute Gasteiger partial charge is 0.245 e. The van der Waals surface area contributed by atoms with Crippen LogP contribution in [0.15, 0.2) is 0 Å². The maximum absolute atomic E-state index is 12.8. The summed E-state index contributed by atoms with van der Waals surface area (Å²) in [6, 6.07) is 0.0118. The van der Waals surface area contributed by atoms with Crippen LogP contribution in [0.4, 0.5) is 0 Å². The second kappa shape index (κ2) is 6.59. The van der Waals surface area contributed by atoms with Crippen LogP contribution in [0.25, 0.3) is 0 Å². The summed E-state index contributed by atoms with van der Waals surface area (Å²) >= 11 is 0. The molecule has 2 aliphatic rings. The van der Waals surface area contributed by atoms with Crippen molar-refractivity contribution in [2.75, 3.05) is 6.54 Å². The number of carbonyl (C=O) groups is 2. The van der Waals surface area contributed by atoms with Gasteiger partial charge in [0.15, 0.2) is 0 Å². The molecule has 1 saturated heterocycles. The van der Waals surface area contributed by atoms with E-state index in [9.17, 15) is 9.59 Å². The van der Waals surface area contributed by atoms with Gasteiger partial charge in [0.1, 0.15) is 6.04 Å². The molecular weight excluding hydrogens is 252 g/mol. The Bertz CT molecular complexity index is 369. The Kier molecular flexibility index (Phi) is 5.06. The standard InChI is InChI=1S/C16H28N2O2/c1-4-12(3)15-16(20)18(9-8-14(19)17-15)13-7-5-6-11(2)10-13/h11-13,15H,4-10H2,1-3H3,(H,17,19). The summed E-state index contributed by atoms with van der Waals surface area (Å²) in [4.78, 5) is 26.7. The average Bonchev–Trinajstić information content (AvgIpc) is 2.58. The lowest BCUT2D eigenvalue weighted by molar-refractivity contribution is -0.137. The van der Waals surface area contributed by atoms with Crippen molar-refractivity contribution in [3.8, 4) is 0 Å². The minimum atomic E-state index is -0.327. The molecule has 1 heterocycles. The number of carbonyl (C=O) groups excluding carboxylic acids is 2. The largest absolute Gasteiger partial charge is 0.344 e. The van der Waals surface area contributed by atoms with Crippen LogP contribution >= 0.6 is 0 Å². The van der Waals surface area contributed by atoms with Crippen LogP contribution in [-0.2, 0) is 9.59 Å². The van der Waals surface area contributed by atoms with E-state index in [0.29, 0.717) is 24.9 Å². The molecule has 1 aliphatic carbocycles. The highest BCUT2D eigenvalue weighted by Gasteiger charge is 2.37. The van der Waals surface area contributed by atoms with Gasteiger partial charge < -0.3 is 10.2 Å². The Morgan fingerprint density at radius 1 is 1.35 bits per heavy atom. The maximum Gasteiger partial charge on any atom is 0.245 e. The van der Waals surface area contributed by atoms with Gasteiger partial charge in [-0.15, -0.1) is 0 Å². The third-order valence-corrected chi connectivity index (χ3v) is 5.01. The summed E-state index contributed by atoms with van der Waals surface area (Å²) in [5.74, 6) is 1.06. The molecule has 1 aliphatic heterocycles. The van der Waals surface area contributed by atoms with E-state index in [2.05, 4.69) is 26.1 Å². The Morgan fingerprint density at radius 2 is 2.10 bits per heavy atom. The van der Waals surface area contributed by atoms with Crippen molar-refractivity contribution in [2.45, 2.75) is 71.4 Å². The van der Waals surface area contributed by atoms with E-state index in [-0.39, 0.29) is 23.8 Å². The van der Waals surface area contributed by atoms with Crippen LogP contribution in [-0.4, -0.2) is 35.3 Å². The Labute approximate surface area is 122 Å². The highest BCUT2D eigenvalue weighted by Crippen LogP contribution is 2.29. The van der Waals surface area contributed by atoms with E-state index >= 15 is 0 Å². The molecule has 4 atom stereocenters. The van der Waals surface area contributed by atoms with Crippen molar-refractivity contribution in [2.24, 2.45) is 11.8 Å². The van der Waals surface area contributed by atoms with Crippen LogP contribution < -0.4 is 5.32 Å². The predicted molar refractivity (Wildman–Crippen MR) is 79.1 cm³/mol. The van der Waals surface area contributed by atoms with Gasteiger partial charge in [-0.1, -0.05) is 40.0 Å². The first-order valence-electron chi connectivity index (χ1n) is 8.12. The number of hydrogen-bond donors (Lipinski definition) is 1. The number of hydrogen-bond acceptors (Lipinski definition) is 2. The highest BCUT2D eigenvalue weighted by atomic mass is 16.2. The molecule has 4 heteroatoms. The molecule has 2 rings (SSSR count). The SMILES string of the molecule is CCC(C)C1NC(=O)CCN(C2CCCC(C)C2)C1=O. The van der Waals surface area contributed by atoms with Gasteiger partial charge in [0.25, 0.3) is 0 Å². The average molecular weight is 280 g/mol. The van der Waals surface area contributed by atoms with Crippen molar-refractivity contribution in [3.05, 3.63) is 0 Å². The topological polar surface area (TPSA) is 49.4 Å². The maximum atomic E-state index is 12.8. The molecule has 2 fully saturated rings. The summed E-state index contributed by atoms with van der Waals surface area (Å²) in [5.41, 5.74) is 0. The molecule has 0 aromatic rings. The molecule has 0 aromatic heterocycles. The lowest BCUT2D eigenvalue weighted by Gasteiger charge is -2.37. The summed E-state index contributed by atoms with van der Waals surface area (Å²) < 4.78 is 0. The molecule has 2 amide bonds. The van der Waals surface area contributed by atoms with Gasteiger partial charge in [0, 0.05) is 19.0 Å². The predicted octanol–water partition coefficient (Wildman–Crippen LogP) is 2.33. The van der Waals surface area contributed by atoms with Crippen LogP contribution in [0.3, 0.4) is 0 Å². The summed E-state index contributed by atoms with van der Waals surface area (Å²) in [5, 5.41) is 2.93. The minimum absolute atomic E-state index is 0.0232. The van der Waals surface area contributed by atoms with Crippen molar-refractivity contribution >= 4 is 11.8 Å². The first-order chi connectivity index (χ1) is 9.52. The number of nitrogens with zero attached hydrogens (tertiary/aromatic N) is 1. The molecule has 114 valence electrons. The van der Waals surface area contributed by atoms with Crippen molar-refractivity contribution in [1.29, 1.82) is 0 Å². The second-order valence-electron chi connectivity index (χ2n) is 6.64. The molecule has 0 aromatic carbocycles. The zero-order valence-corrected chi connectivity index (χ0v) is 13.0. The van der Waals surface area contributed by atoms with Gasteiger partial charge in [-0.05, 0) is 24.7 Å². The fraction of sp³-hybridized carbons (Fsp3) is 0.875. The quantitative estimate of drug-likeness (QED) is 0.862. The van der Waals surface area contributed by atoms with E-state index in [1.807, 2.05) is 4.90 Å². The third kappa shape index (κ3) is 3.33. The molecule has 4 nitrogen and oxygen atoms in total. The fourth-order valence-electron chi connectivity index (χ4n) is 3.49. The zero-order chi connectivity index (χ0) is 14.7. The lowest BCUT2D eigenvalue weighted by atomic mass is 9.85. The molecule has 20 heavy (non-hydrogen) atoms. The van der Waals surface area contributed by atoms with Gasteiger partial charge in [-0.2, -0.15) is 0 Å². The van der Waals surface area contributed by atoms with Crippen molar-refractivity contribution in [1.82, 2.24) is 10.2 Å². The Hall–Kier alpha value is -1.06. The fourth-order valence-corrected chi connectivity index (χ4v) is 3.49. The van der Waals surface area contributed by atoms with Gasteiger partial charge in [-0.25, -0.2) is 0 Å². The zero-order valence-electron chi connectivity index (χ0n) is 13.0. The van der Waals surface area contributed by atoms with Gasteiger partial charge >= 0.3 is 0 Å². The Morgan fingerprint density at radius 3 is 2.75 bits per heavy atom. The van der Waals surface area contributed by atoms with Gasteiger partial charge in [-0.3, -0.25) is 9.59 Å². The first kappa shape index (κ1) is 15.3. The molecule has 4 unspecified atom stereocenters. The van der Waals surface area contributed by atoms with E-state index < -0.39 is 0 Å². The van der Waals surface area contributed by atoms with Gasteiger partial charge in [0.2, 0.25) is 11.8 Å². The molecule has 0 bridgehead atoms. The molecule has 0 radical (unpaired) electrons. The number of amides is 2. The minimum Gasteiger partial charge on any atom is -0.344 e. The molecular formula is C16H28N2O2. The number of rotatable bonds is 3. The first-order valence-corrected chi connectivity index (χ1v) is 8.12. The van der Waals surface area contributed by atoms with Crippen molar-refractivity contribution in [3.63, 3.8) is 0 Å². The summed E-state index contributed by atoms with van der Waals surface area (Å²) in [6.45, 7) is 6.98. The molecule has 1 N–H and O–H groups in total. The van der Waals surface area contributed by atoms with E-state index in [0.717, 1.165) is 19.3 Å². The highest BCUT2D eigenvalue weighted by molar-refractivity contribution is 5.90.